The monoisotopic (exact) mass is 210 g/mol. The van der Waals surface area contributed by atoms with E-state index in [9.17, 15) is 0 Å². The van der Waals surface area contributed by atoms with Gasteiger partial charge in [-0.3, -0.25) is 4.90 Å². The minimum Gasteiger partial charge on any atom is -0.330 e. The topological polar surface area (TPSA) is 29.3 Å². The molecule has 2 nitrogen and oxygen atoms in total. The maximum atomic E-state index is 5.76. The van der Waals surface area contributed by atoms with Crippen LogP contribution in [-0.2, 0) is 0 Å². The van der Waals surface area contributed by atoms with Gasteiger partial charge < -0.3 is 5.73 Å². The lowest BCUT2D eigenvalue weighted by molar-refractivity contribution is 0.182. The highest BCUT2D eigenvalue weighted by atomic mass is 15.2. The van der Waals surface area contributed by atoms with Crippen LogP contribution in [0.25, 0.3) is 0 Å². The average molecular weight is 210 g/mol. The van der Waals surface area contributed by atoms with Gasteiger partial charge in [0.1, 0.15) is 0 Å². The Morgan fingerprint density at radius 3 is 2.60 bits per heavy atom. The molecule has 2 heteroatoms. The Labute approximate surface area is 94.2 Å². The Morgan fingerprint density at radius 2 is 2.07 bits per heavy atom. The maximum absolute atomic E-state index is 5.76. The van der Waals surface area contributed by atoms with Gasteiger partial charge in [0.25, 0.3) is 0 Å². The third-order valence-corrected chi connectivity index (χ3v) is 4.83. The Bertz CT molecular complexity index is 205. The van der Waals surface area contributed by atoms with Crippen molar-refractivity contribution in [1.82, 2.24) is 4.90 Å². The van der Waals surface area contributed by atoms with Crippen LogP contribution in [0.1, 0.15) is 39.5 Å². The van der Waals surface area contributed by atoms with Gasteiger partial charge in [0.2, 0.25) is 0 Å². The van der Waals surface area contributed by atoms with Crippen LogP contribution in [0.5, 0.6) is 0 Å². The van der Waals surface area contributed by atoms with Gasteiger partial charge in [-0.25, -0.2) is 0 Å². The van der Waals surface area contributed by atoms with E-state index in [0.29, 0.717) is 0 Å². The summed E-state index contributed by atoms with van der Waals surface area (Å²) in [5.74, 6) is 2.66. The van der Waals surface area contributed by atoms with Crippen molar-refractivity contribution in [2.75, 3.05) is 19.6 Å². The molecule has 2 fully saturated rings. The van der Waals surface area contributed by atoms with Crippen molar-refractivity contribution in [1.29, 1.82) is 0 Å². The Kier molecular flexibility index (Phi) is 3.68. The van der Waals surface area contributed by atoms with Gasteiger partial charge in [0.05, 0.1) is 0 Å². The van der Waals surface area contributed by atoms with Crippen molar-refractivity contribution in [2.24, 2.45) is 23.5 Å². The predicted octanol–water partition coefficient (Wildman–Crippen LogP) is 2.09. The van der Waals surface area contributed by atoms with Gasteiger partial charge in [-0.05, 0) is 50.1 Å². The fraction of sp³-hybridized carbons (Fsp3) is 1.00. The standard InChI is InChI=1S/C13H26N2/c1-3-12-4-5-13(10(12)2)15-7-6-11(8-14)9-15/h10-13H,3-9,14H2,1-2H3. The van der Waals surface area contributed by atoms with Gasteiger partial charge in [0.15, 0.2) is 0 Å². The summed E-state index contributed by atoms with van der Waals surface area (Å²) < 4.78 is 0. The summed E-state index contributed by atoms with van der Waals surface area (Å²) in [5.41, 5.74) is 5.76. The molecule has 0 aromatic carbocycles. The van der Waals surface area contributed by atoms with Gasteiger partial charge in [-0.1, -0.05) is 20.3 Å². The molecule has 1 heterocycles. The number of rotatable bonds is 3. The molecule has 1 saturated carbocycles. The summed E-state index contributed by atoms with van der Waals surface area (Å²) in [6, 6.07) is 0.867. The van der Waals surface area contributed by atoms with Crippen molar-refractivity contribution in [3.05, 3.63) is 0 Å². The second kappa shape index (κ2) is 4.84. The Morgan fingerprint density at radius 1 is 1.27 bits per heavy atom. The molecule has 0 aromatic heterocycles. The molecule has 1 aliphatic carbocycles. The van der Waals surface area contributed by atoms with Crippen molar-refractivity contribution in [3.8, 4) is 0 Å². The zero-order chi connectivity index (χ0) is 10.8. The smallest absolute Gasteiger partial charge is 0.0124 e. The highest BCUT2D eigenvalue weighted by Gasteiger charge is 2.37. The van der Waals surface area contributed by atoms with E-state index in [2.05, 4.69) is 18.7 Å². The van der Waals surface area contributed by atoms with E-state index in [1.807, 2.05) is 0 Å². The maximum Gasteiger partial charge on any atom is 0.0124 e. The lowest BCUT2D eigenvalue weighted by Gasteiger charge is -2.29. The fourth-order valence-corrected chi connectivity index (χ4v) is 3.67. The SMILES string of the molecule is CCC1CCC(N2CCC(CN)C2)C1C. The van der Waals surface area contributed by atoms with Crippen LogP contribution < -0.4 is 5.73 Å². The molecule has 4 unspecified atom stereocenters. The van der Waals surface area contributed by atoms with Crippen LogP contribution in [0.4, 0.5) is 0 Å². The summed E-state index contributed by atoms with van der Waals surface area (Å²) in [5, 5.41) is 0. The number of hydrogen-bond acceptors (Lipinski definition) is 2. The molecule has 0 spiro atoms. The summed E-state index contributed by atoms with van der Waals surface area (Å²) in [6.07, 6.45) is 5.57. The van der Waals surface area contributed by atoms with E-state index in [1.54, 1.807) is 0 Å². The van der Waals surface area contributed by atoms with E-state index in [1.165, 1.54) is 38.8 Å². The van der Waals surface area contributed by atoms with Crippen molar-refractivity contribution in [3.63, 3.8) is 0 Å². The predicted molar refractivity (Wildman–Crippen MR) is 64.7 cm³/mol. The first-order chi connectivity index (χ1) is 7.26. The molecule has 2 aliphatic rings. The van der Waals surface area contributed by atoms with E-state index in [-0.39, 0.29) is 0 Å². The molecule has 88 valence electrons. The highest BCUT2D eigenvalue weighted by molar-refractivity contribution is 4.91. The van der Waals surface area contributed by atoms with Crippen molar-refractivity contribution >= 4 is 0 Å². The molecule has 1 aliphatic heterocycles. The van der Waals surface area contributed by atoms with Gasteiger partial charge in [-0.15, -0.1) is 0 Å². The summed E-state index contributed by atoms with van der Waals surface area (Å²) in [6.45, 7) is 8.25. The number of nitrogens with zero attached hydrogens (tertiary/aromatic N) is 1. The van der Waals surface area contributed by atoms with Gasteiger partial charge in [0, 0.05) is 12.6 Å². The molecule has 1 saturated heterocycles. The van der Waals surface area contributed by atoms with Crippen molar-refractivity contribution in [2.45, 2.75) is 45.6 Å². The number of nitrogens with two attached hydrogens (primary N) is 1. The summed E-state index contributed by atoms with van der Waals surface area (Å²) in [7, 11) is 0. The zero-order valence-corrected chi connectivity index (χ0v) is 10.3. The van der Waals surface area contributed by atoms with Crippen LogP contribution in [0.3, 0.4) is 0 Å². The second-order valence-corrected chi connectivity index (χ2v) is 5.56. The summed E-state index contributed by atoms with van der Waals surface area (Å²) in [4.78, 5) is 2.72. The van der Waals surface area contributed by atoms with Crippen molar-refractivity contribution < 1.29 is 0 Å². The molecule has 0 bridgehead atoms. The van der Waals surface area contributed by atoms with Gasteiger partial charge >= 0.3 is 0 Å². The molecule has 0 amide bonds. The van der Waals surface area contributed by atoms with Crippen LogP contribution >= 0.6 is 0 Å². The van der Waals surface area contributed by atoms with Crippen LogP contribution in [0.15, 0.2) is 0 Å². The molecular formula is C13H26N2. The lowest BCUT2D eigenvalue weighted by Crippen LogP contribution is -2.36. The average Bonchev–Trinajstić information content (AvgIpc) is 2.83. The Balaban J connectivity index is 1.90. The van der Waals surface area contributed by atoms with Crippen LogP contribution in [0.2, 0.25) is 0 Å². The van der Waals surface area contributed by atoms with E-state index in [4.69, 9.17) is 5.73 Å². The largest absolute Gasteiger partial charge is 0.330 e. The van der Waals surface area contributed by atoms with Crippen LogP contribution in [-0.4, -0.2) is 30.6 Å². The lowest BCUT2D eigenvalue weighted by atomic mass is 9.93. The molecular weight excluding hydrogens is 184 g/mol. The van der Waals surface area contributed by atoms with Crippen LogP contribution in [0, 0.1) is 17.8 Å². The van der Waals surface area contributed by atoms with E-state index in [0.717, 1.165) is 30.3 Å². The number of hydrogen-bond donors (Lipinski definition) is 1. The number of likely N-dealkylation sites (tertiary alicyclic amines) is 1. The zero-order valence-electron chi connectivity index (χ0n) is 10.3. The highest BCUT2D eigenvalue weighted by Crippen LogP contribution is 2.38. The third-order valence-electron chi connectivity index (χ3n) is 4.83. The normalized spacial score (nSPS) is 42.6. The first-order valence-corrected chi connectivity index (χ1v) is 6.70. The molecule has 4 atom stereocenters. The minimum absolute atomic E-state index is 0.776. The minimum atomic E-state index is 0.776. The van der Waals surface area contributed by atoms with Gasteiger partial charge in [-0.2, -0.15) is 0 Å². The molecule has 2 N–H and O–H groups in total. The second-order valence-electron chi connectivity index (χ2n) is 5.56. The third kappa shape index (κ3) is 2.21. The molecule has 15 heavy (non-hydrogen) atoms. The quantitative estimate of drug-likeness (QED) is 0.773. The molecule has 2 rings (SSSR count). The molecule has 0 aromatic rings. The first kappa shape index (κ1) is 11.4. The first-order valence-electron chi connectivity index (χ1n) is 6.70. The Hall–Kier alpha value is -0.0800. The molecule has 0 radical (unpaired) electrons. The summed E-state index contributed by atoms with van der Waals surface area (Å²) >= 11 is 0. The van der Waals surface area contributed by atoms with E-state index < -0.39 is 0 Å². The fourth-order valence-electron chi connectivity index (χ4n) is 3.67. The van der Waals surface area contributed by atoms with E-state index >= 15 is 0 Å².